The van der Waals surface area contributed by atoms with Gasteiger partial charge >= 0.3 is 0 Å². The van der Waals surface area contributed by atoms with Gasteiger partial charge in [-0.25, -0.2) is 4.90 Å². The van der Waals surface area contributed by atoms with Crippen LogP contribution in [-0.2, 0) is 9.59 Å². The van der Waals surface area contributed by atoms with Crippen LogP contribution in [0.3, 0.4) is 0 Å². The number of benzene rings is 2. The van der Waals surface area contributed by atoms with E-state index in [2.05, 4.69) is 0 Å². The predicted molar refractivity (Wildman–Crippen MR) is 128 cm³/mol. The summed E-state index contributed by atoms with van der Waals surface area (Å²) in [6.45, 7) is 0. The molecule has 0 bridgehead atoms. The Morgan fingerprint density at radius 3 is 2.53 bits per heavy atom. The number of imide groups is 1. The quantitative estimate of drug-likeness (QED) is 0.233. The van der Waals surface area contributed by atoms with Crippen molar-refractivity contribution < 1.29 is 28.5 Å². The van der Waals surface area contributed by atoms with Gasteiger partial charge in [-0.05, 0) is 29.8 Å². The lowest BCUT2D eigenvalue weighted by Crippen LogP contribution is -2.48. The van der Waals surface area contributed by atoms with Crippen molar-refractivity contribution in [2.75, 3.05) is 16.9 Å². The lowest BCUT2D eigenvalue weighted by Gasteiger charge is -2.36. The number of para-hydroxylation sites is 1. The van der Waals surface area contributed by atoms with Crippen LogP contribution in [0, 0.1) is 22.0 Å². The molecule has 6 rings (SSSR count). The van der Waals surface area contributed by atoms with Crippen molar-refractivity contribution in [2.45, 2.75) is 12.1 Å². The third kappa shape index (κ3) is 2.94. The maximum absolute atomic E-state index is 13.9. The van der Waals surface area contributed by atoms with Crippen molar-refractivity contribution in [1.29, 1.82) is 0 Å². The summed E-state index contributed by atoms with van der Waals surface area (Å²) in [7, 11) is 1.35. The van der Waals surface area contributed by atoms with Crippen LogP contribution < -0.4 is 14.5 Å². The van der Waals surface area contributed by atoms with Gasteiger partial charge in [0.25, 0.3) is 5.69 Å². The molecule has 0 saturated carbocycles. The zero-order valence-corrected chi connectivity index (χ0v) is 18.9. The van der Waals surface area contributed by atoms with Crippen molar-refractivity contribution >= 4 is 40.7 Å². The SMILES string of the molecule is COc1ccc([N+](=O)[O-])cc1N1C(=O)[C@@H]2[C@H](C1=O)[C@@H](C(=O)c1ccco1)N1c3ccccc3C=C[C@H]21. The fourth-order valence-electron chi connectivity index (χ4n) is 5.58. The number of non-ortho nitro benzene ring substituents is 1. The molecule has 0 radical (unpaired) electrons. The van der Waals surface area contributed by atoms with Crippen LogP contribution in [-0.4, -0.2) is 41.7 Å². The fourth-order valence-corrected chi connectivity index (χ4v) is 5.58. The molecule has 4 heterocycles. The largest absolute Gasteiger partial charge is 0.495 e. The molecule has 2 fully saturated rings. The first kappa shape index (κ1) is 21.8. The van der Waals surface area contributed by atoms with E-state index in [1.165, 1.54) is 31.6 Å². The maximum Gasteiger partial charge on any atom is 0.271 e. The van der Waals surface area contributed by atoms with Gasteiger partial charge in [-0.3, -0.25) is 24.5 Å². The Balaban J connectivity index is 1.51. The second kappa shape index (κ2) is 7.91. The van der Waals surface area contributed by atoms with Gasteiger partial charge in [-0.2, -0.15) is 0 Å². The summed E-state index contributed by atoms with van der Waals surface area (Å²) in [5.74, 6) is -3.27. The molecule has 2 aromatic carbocycles. The molecular formula is C26H19N3O7. The Kier molecular flexibility index (Phi) is 4.78. The lowest BCUT2D eigenvalue weighted by molar-refractivity contribution is -0.384. The molecule has 0 aliphatic carbocycles. The summed E-state index contributed by atoms with van der Waals surface area (Å²) in [5.41, 5.74) is 1.29. The summed E-state index contributed by atoms with van der Waals surface area (Å²) in [5, 5.41) is 11.4. The van der Waals surface area contributed by atoms with Crippen LogP contribution in [0.5, 0.6) is 5.75 Å². The number of rotatable bonds is 5. The van der Waals surface area contributed by atoms with Crippen molar-refractivity contribution in [3.63, 3.8) is 0 Å². The average molecular weight is 485 g/mol. The van der Waals surface area contributed by atoms with Gasteiger partial charge in [-0.1, -0.05) is 30.4 Å². The van der Waals surface area contributed by atoms with Crippen LogP contribution in [0.25, 0.3) is 6.08 Å². The van der Waals surface area contributed by atoms with E-state index in [9.17, 15) is 24.5 Å². The van der Waals surface area contributed by atoms with Gasteiger partial charge in [0, 0.05) is 17.8 Å². The summed E-state index contributed by atoms with van der Waals surface area (Å²) in [6.07, 6.45) is 5.08. The molecule has 0 unspecified atom stereocenters. The molecule has 1 aromatic heterocycles. The zero-order valence-electron chi connectivity index (χ0n) is 18.9. The summed E-state index contributed by atoms with van der Waals surface area (Å²) in [6, 6.07) is 12.7. The van der Waals surface area contributed by atoms with Gasteiger partial charge < -0.3 is 14.1 Å². The first-order valence-corrected chi connectivity index (χ1v) is 11.3. The fraction of sp³-hybridized carbons (Fsp3) is 0.192. The molecule has 2 amide bonds. The van der Waals surface area contributed by atoms with E-state index in [0.29, 0.717) is 0 Å². The molecule has 3 aromatic rings. The van der Waals surface area contributed by atoms with E-state index in [1.807, 2.05) is 41.3 Å². The van der Waals surface area contributed by atoms with Crippen LogP contribution in [0.4, 0.5) is 17.1 Å². The minimum absolute atomic E-state index is 0.0213. The highest BCUT2D eigenvalue weighted by atomic mass is 16.6. The summed E-state index contributed by atoms with van der Waals surface area (Å²) >= 11 is 0. The minimum Gasteiger partial charge on any atom is -0.495 e. The van der Waals surface area contributed by atoms with Gasteiger partial charge in [0.05, 0.1) is 36.2 Å². The highest BCUT2D eigenvalue weighted by Gasteiger charge is 2.65. The molecule has 3 aliphatic rings. The Labute approximate surface area is 204 Å². The Morgan fingerprint density at radius 2 is 1.81 bits per heavy atom. The minimum atomic E-state index is -1.03. The van der Waals surface area contributed by atoms with Crippen molar-refractivity contribution in [2.24, 2.45) is 11.8 Å². The second-order valence-corrected chi connectivity index (χ2v) is 8.78. The predicted octanol–water partition coefficient (Wildman–Crippen LogP) is 3.47. The first-order chi connectivity index (χ1) is 17.4. The number of Topliss-reactive ketones (excluding diaryl/α,β-unsaturated/α-hetero) is 1. The van der Waals surface area contributed by atoms with Crippen molar-refractivity contribution in [1.82, 2.24) is 0 Å². The number of amides is 2. The smallest absolute Gasteiger partial charge is 0.271 e. The molecule has 36 heavy (non-hydrogen) atoms. The normalized spacial score (nSPS) is 23.9. The number of anilines is 2. The molecule has 0 spiro atoms. The number of carbonyl (C=O) groups excluding carboxylic acids is 3. The average Bonchev–Trinajstić information content (AvgIpc) is 3.60. The lowest BCUT2D eigenvalue weighted by atomic mass is 9.87. The Morgan fingerprint density at radius 1 is 1.03 bits per heavy atom. The standard InChI is InChI=1S/C26H19N3O7/c1-35-19-11-9-15(29(33)34)13-18(19)28-25(31)21-17-10-8-14-5-2-3-6-16(14)27(17)23(22(21)26(28)32)24(30)20-7-4-12-36-20/h2-13,17,21-23H,1H3/t17-,21+,22+,23+/m1/s1. The Bertz CT molecular complexity index is 1460. The maximum atomic E-state index is 13.9. The van der Waals surface area contributed by atoms with Gasteiger partial charge in [0.15, 0.2) is 5.76 Å². The molecule has 2 saturated heterocycles. The number of ketones is 1. The van der Waals surface area contributed by atoms with E-state index in [4.69, 9.17) is 9.15 Å². The van der Waals surface area contributed by atoms with Crippen LogP contribution >= 0.6 is 0 Å². The Hall–Kier alpha value is -4.73. The number of fused-ring (bicyclic) bond motifs is 5. The van der Waals surface area contributed by atoms with Crippen LogP contribution in [0.15, 0.2) is 71.4 Å². The van der Waals surface area contributed by atoms with Crippen molar-refractivity contribution in [3.05, 3.63) is 88.4 Å². The molecule has 180 valence electrons. The van der Waals surface area contributed by atoms with E-state index in [0.717, 1.165) is 22.2 Å². The highest BCUT2D eigenvalue weighted by molar-refractivity contribution is 6.26. The van der Waals surface area contributed by atoms with Gasteiger partial charge in [0.2, 0.25) is 17.6 Å². The summed E-state index contributed by atoms with van der Waals surface area (Å²) < 4.78 is 10.7. The molecule has 4 atom stereocenters. The number of hydrogen-bond acceptors (Lipinski definition) is 8. The van der Waals surface area contributed by atoms with Crippen LogP contribution in [0.2, 0.25) is 0 Å². The van der Waals surface area contributed by atoms with E-state index < -0.39 is 46.4 Å². The number of ether oxygens (including phenoxy) is 1. The molecular weight excluding hydrogens is 466 g/mol. The third-order valence-electron chi connectivity index (χ3n) is 7.06. The highest BCUT2D eigenvalue weighted by Crippen LogP contribution is 2.51. The number of methoxy groups -OCH3 is 1. The third-order valence-corrected chi connectivity index (χ3v) is 7.06. The number of hydrogen-bond donors (Lipinski definition) is 0. The van der Waals surface area contributed by atoms with Crippen LogP contribution in [0.1, 0.15) is 16.1 Å². The molecule has 0 N–H and O–H groups in total. The molecule has 10 heteroatoms. The van der Waals surface area contributed by atoms with Gasteiger partial charge in [0.1, 0.15) is 17.5 Å². The summed E-state index contributed by atoms with van der Waals surface area (Å²) in [4.78, 5) is 55.1. The van der Waals surface area contributed by atoms with Gasteiger partial charge in [-0.15, -0.1) is 0 Å². The second-order valence-electron chi connectivity index (χ2n) is 8.78. The van der Waals surface area contributed by atoms with Crippen molar-refractivity contribution in [3.8, 4) is 5.75 Å². The first-order valence-electron chi connectivity index (χ1n) is 11.3. The molecule has 3 aliphatic heterocycles. The monoisotopic (exact) mass is 485 g/mol. The van der Waals surface area contributed by atoms with E-state index >= 15 is 0 Å². The molecule has 10 nitrogen and oxygen atoms in total. The number of nitro benzene ring substituents is 1. The number of nitrogens with zero attached hydrogens (tertiary/aromatic N) is 3. The zero-order chi connectivity index (χ0) is 25.1. The number of nitro groups is 1. The number of furan rings is 1. The number of carbonyl (C=O) groups is 3. The van der Waals surface area contributed by atoms with E-state index in [-0.39, 0.29) is 22.9 Å². The van der Waals surface area contributed by atoms with E-state index in [1.54, 1.807) is 6.07 Å². The topological polar surface area (TPSA) is 123 Å².